The van der Waals surface area contributed by atoms with Gasteiger partial charge < -0.3 is 4.98 Å². The van der Waals surface area contributed by atoms with E-state index >= 15 is 0 Å². The van der Waals surface area contributed by atoms with Gasteiger partial charge in [0.2, 0.25) is 0 Å². The third-order valence-corrected chi connectivity index (χ3v) is 1.83. The van der Waals surface area contributed by atoms with E-state index in [2.05, 4.69) is 25.1 Å². The topological polar surface area (TPSA) is 15.8 Å². The lowest BCUT2D eigenvalue weighted by Crippen LogP contribution is -1.79. The zero-order chi connectivity index (χ0) is 8.27. The number of H-pyrrole nitrogens is 1. The highest BCUT2D eigenvalue weighted by Crippen LogP contribution is 2.16. The highest BCUT2D eigenvalue weighted by molar-refractivity contribution is 5.64. The number of aromatic nitrogens is 1. The molecule has 11 heavy (non-hydrogen) atoms. The maximum Gasteiger partial charge on any atom is 0.0450 e. The van der Waals surface area contributed by atoms with Crippen LogP contribution in [-0.4, -0.2) is 4.98 Å². The fraction of sp³-hybridized carbons (Fsp3) is 0.200. The van der Waals surface area contributed by atoms with Crippen LogP contribution < -0.4 is 0 Å². The van der Waals surface area contributed by atoms with Crippen molar-refractivity contribution in [2.75, 3.05) is 0 Å². The Morgan fingerprint density at radius 1 is 1.45 bits per heavy atom. The van der Waals surface area contributed by atoms with Gasteiger partial charge in [-0.1, -0.05) is 26.2 Å². The van der Waals surface area contributed by atoms with Gasteiger partial charge in [-0.2, -0.15) is 0 Å². The van der Waals surface area contributed by atoms with Crippen LogP contribution in [0.1, 0.15) is 23.7 Å². The van der Waals surface area contributed by atoms with E-state index in [1.165, 1.54) is 11.1 Å². The molecule has 1 aromatic heterocycles. The molecule has 1 heterocycles. The quantitative estimate of drug-likeness (QED) is 0.676. The summed E-state index contributed by atoms with van der Waals surface area (Å²) < 4.78 is 0. The Hall–Kier alpha value is -1.24. The molecule has 0 aliphatic carbocycles. The zero-order valence-corrected chi connectivity index (χ0v) is 6.85. The molecule has 1 heteroatoms. The molecule has 0 bridgehead atoms. The second-order valence-corrected chi connectivity index (χ2v) is 2.40. The van der Waals surface area contributed by atoms with Crippen molar-refractivity contribution < 1.29 is 0 Å². The monoisotopic (exact) mass is 147 g/mol. The van der Waals surface area contributed by atoms with E-state index in [0.29, 0.717) is 0 Å². The van der Waals surface area contributed by atoms with Crippen molar-refractivity contribution in [3.8, 4) is 0 Å². The van der Waals surface area contributed by atoms with Crippen LogP contribution in [0.25, 0.3) is 12.2 Å². The highest BCUT2D eigenvalue weighted by atomic mass is 14.7. The number of nitrogens with one attached hydrogen (secondary N) is 1. The predicted molar refractivity (Wildman–Crippen MR) is 50.4 cm³/mol. The first-order valence-electron chi connectivity index (χ1n) is 3.78. The number of hydrogen-bond acceptors (Lipinski definition) is 0. The average molecular weight is 147 g/mol. The van der Waals surface area contributed by atoms with Crippen molar-refractivity contribution in [2.24, 2.45) is 0 Å². The molecule has 0 aromatic carbocycles. The minimum absolute atomic E-state index is 1.03. The molecule has 0 saturated heterocycles. The van der Waals surface area contributed by atoms with E-state index in [0.717, 1.165) is 12.1 Å². The number of aromatic amines is 1. The molecule has 1 nitrogen and oxygen atoms in total. The Kier molecular flexibility index (Phi) is 2.32. The Balaban J connectivity index is 3.18. The number of aryl methyl sites for hydroxylation is 1. The van der Waals surface area contributed by atoms with Crippen LogP contribution in [0.4, 0.5) is 0 Å². The summed E-state index contributed by atoms with van der Waals surface area (Å²) in [5, 5.41) is 0. The molecule has 0 radical (unpaired) electrons. The Labute approximate surface area is 67.5 Å². The molecular formula is C10H13N. The van der Waals surface area contributed by atoms with Crippen molar-refractivity contribution in [2.45, 2.75) is 13.3 Å². The molecule has 0 aliphatic heterocycles. The summed E-state index contributed by atoms with van der Waals surface area (Å²) in [6, 6.07) is 0. The summed E-state index contributed by atoms with van der Waals surface area (Å²) in [4.78, 5) is 3.14. The van der Waals surface area contributed by atoms with Gasteiger partial charge in [0.15, 0.2) is 0 Å². The van der Waals surface area contributed by atoms with Gasteiger partial charge in [0.25, 0.3) is 0 Å². The zero-order valence-electron chi connectivity index (χ0n) is 6.85. The van der Waals surface area contributed by atoms with Crippen LogP contribution in [0.2, 0.25) is 0 Å². The van der Waals surface area contributed by atoms with Gasteiger partial charge >= 0.3 is 0 Å². The van der Waals surface area contributed by atoms with Crippen molar-refractivity contribution in [1.29, 1.82) is 0 Å². The molecule has 0 spiro atoms. The normalized spacial score (nSPS) is 9.55. The Morgan fingerprint density at radius 2 is 2.18 bits per heavy atom. The first-order chi connectivity index (χ1) is 5.33. The fourth-order valence-corrected chi connectivity index (χ4v) is 1.20. The first-order valence-corrected chi connectivity index (χ1v) is 3.78. The SMILES string of the molecule is C=Cc1[nH]cc(CC)c1C=C. The Morgan fingerprint density at radius 3 is 2.64 bits per heavy atom. The van der Waals surface area contributed by atoms with Crippen LogP contribution in [0.15, 0.2) is 19.4 Å². The second-order valence-electron chi connectivity index (χ2n) is 2.40. The fourth-order valence-electron chi connectivity index (χ4n) is 1.20. The molecule has 58 valence electrons. The van der Waals surface area contributed by atoms with Gasteiger partial charge in [-0.15, -0.1) is 0 Å². The Bertz CT molecular complexity index is 268. The van der Waals surface area contributed by atoms with Crippen molar-refractivity contribution in [3.05, 3.63) is 36.2 Å². The van der Waals surface area contributed by atoms with Gasteiger partial charge in [0.05, 0.1) is 0 Å². The molecule has 0 amide bonds. The van der Waals surface area contributed by atoms with E-state index in [-0.39, 0.29) is 0 Å². The lowest BCUT2D eigenvalue weighted by atomic mass is 10.1. The molecule has 0 saturated carbocycles. The maximum atomic E-state index is 3.75. The highest BCUT2D eigenvalue weighted by Gasteiger charge is 2.02. The lowest BCUT2D eigenvalue weighted by Gasteiger charge is -1.94. The number of rotatable bonds is 3. The smallest absolute Gasteiger partial charge is 0.0450 e. The minimum Gasteiger partial charge on any atom is -0.361 e. The lowest BCUT2D eigenvalue weighted by molar-refractivity contribution is 1.14. The molecule has 0 unspecified atom stereocenters. The van der Waals surface area contributed by atoms with Crippen molar-refractivity contribution >= 4 is 12.2 Å². The van der Waals surface area contributed by atoms with Gasteiger partial charge in [-0.05, 0) is 18.1 Å². The van der Waals surface area contributed by atoms with Crippen molar-refractivity contribution in [3.63, 3.8) is 0 Å². The van der Waals surface area contributed by atoms with Crippen LogP contribution in [0.3, 0.4) is 0 Å². The summed E-state index contributed by atoms with van der Waals surface area (Å²) >= 11 is 0. The third kappa shape index (κ3) is 1.27. The average Bonchev–Trinajstić information content (AvgIpc) is 2.45. The molecule has 0 fully saturated rings. The third-order valence-electron chi connectivity index (χ3n) is 1.83. The minimum atomic E-state index is 1.03. The summed E-state index contributed by atoms with van der Waals surface area (Å²) in [5.41, 5.74) is 3.55. The largest absolute Gasteiger partial charge is 0.361 e. The van der Waals surface area contributed by atoms with E-state index in [4.69, 9.17) is 0 Å². The van der Waals surface area contributed by atoms with E-state index in [1.807, 2.05) is 18.3 Å². The summed E-state index contributed by atoms with van der Waals surface area (Å²) in [5.74, 6) is 0. The molecule has 1 rings (SSSR count). The van der Waals surface area contributed by atoms with Crippen LogP contribution >= 0.6 is 0 Å². The van der Waals surface area contributed by atoms with E-state index < -0.39 is 0 Å². The standard InChI is InChI=1S/C10H13N/c1-4-8-7-11-10(6-3)9(8)5-2/h5-7,11H,2-4H2,1H3. The van der Waals surface area contributed by atoms with Gasteiger partial charge in [0.1, 0.15) is 0 Å². The van der Waals surface area contributed by atoms with Crippen LogP contribution in [0, 0.1) is 0 Å². The van der Waals surface area contributed by atoms with Crippen LogP contribution in [0.5, 0.6) is 0 Å². The summed E-state index contributed by atoms with van der Waals surface area (Å²) in [7, 11) is 0. The van der Waals surface area contributed by atoms with E-state index in [1.54, 1.807) is 0 Å². The van der Waals surface area contributed by atoms with Crippen molar-refractivity contribution in [1.82, 2.24) is 4.98 Å². The van der Waals surface area contributed by atoms with Gasteiger partial charge in [-0.25, -0.2) is 0 Å². The first kappa shape index (κ1) is 7.86. The van der Waals surface area contributed by atoms with Gasteiger partial charge in [0, 0.05) is 17.5 Å². The predicted octanol–water partition coefficient (Wildman–Crippen LogP) is 2.86. The number of hydrogen-bond donors (Lipinski definition) is 1. The molecule has 0 aliphatic rings. The molecule has 1 aromatic rings. The summed E-state index contributed by atoms with van der Waals surface area (Å²) in [6.45, 7) is 9.59. The van der Waals surface area contributed by atoms with E-state index in [9.17, 15) is 0 Å². The van der Waals surface area contributed by atoms with Gasteiger partial charge in [-0.3, -0.25) is 0 Å². The molecular weight excluding hydrogens is 134 g/mol. The molecule has 0 atom stereocenters. The second kappa shape index (κ2) is 3.24. The summed E-state index contributed by atoms with van der Waals surface area (Å²) in [6.07, 6.45) is 6.72. The van der Waals surface area contributed by atoms with Crippen LogP contribution in [-0.2, 0) is 6.42 Å². The molecule has 1 N–H and O–H groups in total. The maximum absolute atomic E-state index is 3.75.